The van der Waals surface area contributed by atoms with Crippen molar-refractivity contribution in [1.29, 1.82) is 0 Å². The van der Waals surface area contributed by atoms with E-state index in [1.807, 2.05) is 6.07 Å². The summed E-state index contributed by atoms with van der Waals surface area (Å²) in [5, 5.41) is 8.53. The molecule has 2 fully saturated rings. The predicted octanol–water partition coefficient (Wildman–Crippen LogP) is 2.07. The van der Waals surface area contributed by atoms with Crippen LogP contribution in [0.5, 0.6) is 0 Å². The van der Waals surface area contributed by atoms with Crippen LogP contribution >= 0.6 is 11.6 Å². The third-order valence-corrected chi connectivity index (χ3v) is 5.37. The van der Waals surface area contributed by atoms with Gasteiger partial charge in [0.15, 0.2) is 5.82 Å². The molecule has 2 saturated heterocycles. The van der Waals surface area contributed by atoms with Gasteiger partial charge in [-0.1, -0.05) is 11.6 Å². The molecule has 0 N–H and O–H groups in total. The quantitative estimate of drug-likeness (QED) is 0.779. The minimum absolute atomic E-state index is 0.140. The van der Waals surface area contributed by atoms with Crippen LogP contribution in [0, 0.1) is 5.82 Å². The first kappa shape index (κ1) is 18.9. The fourth-order valence-corrected chi connectivity index (χ4v) is 3.71. The first-order valence-electron chi connectivity index (χ1n) is 9.26. The Morgan fingerprint density at radius 2 is 1.79 bits per heavy atom. The van der Waals surface area contributed by atoms with Crippen LogP contribution in [0.1, 0.15) is 10.4 Å². The van der Waals surface area contributed by atoms with Crippen molar-refractivity contribution < 1.29 is 13.9 Å². The van der Waals surface area contributed by atoms with Crippen LogP contribution in [-0.2, 0) is 4.74 Å². The molecule has 7 nitrogen and oxygen atoms in total. The first-order chi connectivity index (χ1) is 13.6. The molecule has 0 unspecified atom stereocenters. The van der Waals surface area contributed by atoms with Crippen molar-refractivity contribution in [3.63, 3.8) is 0 Å². The van der Waals surface area contributed by atoms with E-state index in [2.05, 4.69) is 20.0 Å². The lowest BCUT2D eigenvalue weighted by molar-refractivity contribution is 0.0747. The molecule has 0 atom stereocenters. The molecule has 0 spiro atoms. The summed E-state index contributed by atoms with van der Waals surface area (Å²) in [5.41, 5.74) is 1.32. The number of anilines is 2. The zero-order valence-corrected chi connectivity index (χ0v) is 16.1. The summed E-state index contributed by atoms with van der Waals surface area (Å²) < 4.78 is 18.6. The van der Waals surface area contributed by atoms with Crippen molar-refractivity contribution in [3.8, 4) is 0 Å². The monoisotopic (exact) mass is 405 g/mol. The summed E-state index contributed by atoms with van der Waals surface area (Å²) in [6.07, 6.45) is 1.75. The van der Waals surface area contributed by atoms with Crippen LogP contribution in [0.4, 0.5) is 15.9 Å². The number of carbonyl (C=O) groups is 1. The molecule has 1 aromatic heterocycles. The van der Waals surface area contributed by atoms with Crippen molar-refractivity contribution in [2.24, 2.45) is 0 Å². The van der Waals surface area contributed by atoms with E-state index in [-0.39, 0.29) is 10.9 Å². The molecule has 148 valence electrons. The lowest BCUT2D eigenvalue weighted by Crippen LogP contribution is -2.49. The number of hydrogen-bond donors (Lipinski definition) is 0. The molecule has 0 radical (unpaired) electrons. The molecule has 1 aromatic carbocycles. The van der Waals surface area contributed by atoms with Gasteiger partial charge in [0.2, 0.25) is 0 Å². The molecular weight excluding hydrogens is 385 g/mol. The van der Waals surface area contributed by atoms with Crippen LogP contribution in [0.15, 0.2) is 30.5 Å². The standard InChI is InChI=1S/C19H21ClFN5O2/c20-17-11-14(21)1-2-16(17)19(27)26-5-3-24(4-6-26)15-12-18(23-22-13-15)25-7-9-28-10-8-25/h1-2,11-13H,3-10H2. The van der Waals surface area contributed by atoms with Gasteiger partial charge in [0, 0.05) is 45.3 Å². The van der Waals surface area contributed by atoms with Crippen molar-refractivity contribution in [2.45, 2.75) is 0 Å². The second-order valence-electron chi connectivity index (χ2n) is 6.77. The normalized spacial score (nSPS) is 17.7. The summed E-state index contributed by atoms with van der Waals surface area (Å²) in [6.45, 7) is 5.47. The van der Waals surface area contributed by atoms with Crippen molar-refractivity contribution in [2.75, 3.05) is 62.3 Å². The molecule has 2 aliphatic rings. The van der Waals surface area contributed by atoms with Gasteiger partial charge in [0.05, 0.1) is 35.7 Å². The van der Waals surface area contributed by atoms with Crippen molar-refractivity contribution >= 4 is 29.0 Å². The molecule has 0 saturated carbocycles. The molecule has 1 amide bonds. The van der Waals surface area contributed by atoms with Crippen LogP contribution < -0.4 is 9.80 Å². The molecule has 0 bridgehead atoms. The fraction of sp³-hybridized carbons (Fsp3) is 0.421. The zero-order valence-electron chi connectivity index (χ0n) is 15.4. The number of ether oxygens (including phenoxy) is 1. The second-order valence-corrected chi connectivity index (χ2v) is 7.18. The second kappa shape index (κ2) is 8.28. The predicted molar refractivity (Wildman–Crippen MR) is 105 cm³/mol. The number of piperazine rings is 1. The molecule has 2 aromatic rings. The van der Waals surface area contributed by atoms with E-state index >= 15 is 0 Å². The van der Waals surface area contributed by atoms with Gasteiger partial charge in [-0.3, -0.25) is 4.79 Å². The largest absolute Gasteiger partial charge is 0.378 e. The summed E-state index contributed by atoms with van der Waals surface area (Å²) in [7, 11) is 0. The van der Waals surface area contributed by atoms with Crippen molar-refractivity contribution in [1.82, 2.24) is 15.1 Å². The van der Waals surface area contributed by atoms with E-state index in [0.29, 0.717) is 45.0 Å². The number of benzene rings is 1. The molecule has 0 aliphatic carbocycles. The van der Waals surface area contributed by atoms with Gasteiger partial charge in [-0.15, -0.1) is 5.10 Å². The van der Waals surface area contributed by atoms with Crippen molar-refractivity contribution in [3.05, 3.63) is 46.9 Å². The van der Waals surface area contributed by atoms with Crippen LogP contribution in [0.3, 0.4) is 0 Å². The minimum atomic E-state index is -0.451. The fourth-order valence-electron chi connectivity index (χ4n) is 3.47. The number of aromatic nitrogens is 2. The Bertz CT molecular complexity index is 854. The Morgan fingerprint density at radius 3 is 2.50 bits per heavy atom. The van der Waals surface area contributed by atoms with Gasteiger partial charge >= 0.3 is 0 Å². The Hall–Kier alpha value is -2.45. The number of morpholine rings is 1. The van der Waals surface area contributed by atoms with E-state index in [9.17, 15) is 9.18 Å². The SMILES string of the molecule is O=C(c1ccc(F)cc1Cl)N1CCN(c2cnnc(N3CCOCC3)c2)CC1. The average molecular weight is 406 g/mol. The van der Waals surface area contributed by atoms with E-state index in [0.717, 1.165) is 24.6 Å². The molecule has 9 heteroatoms. The highest BCUT2D eigenvalue weighted by Gasteiger charge is 2.25. The maximum absolute atomic E-state index is 13.2. The third-order valence-electron chi connectivity index (χ3n) is 5.06. The molecular formula is C19H21ClFN5O2. The molecule has 3 heterocycles. The van der Waals surface area contributed by atoms with Crippen LogP contribution in [-0.4, -0.2) is 73.5 Å². The molecule has 4 rings (SSSR count). The Morgan fingerprint density at radius 1 is 1.04 bits per heavy atom. The topological polar surface area (TPSA) is 61.8 Å². The van der Waals surface area contributed by atoms with Gasteiger partial charge in [-0.2, -0.15) is 5.10 Å². The number of nitrogens with zero attached hydrogens (tertiary/aromatic N) is 5. The Kier molecular flexibility index (Phi) is 5.59. The van der Waals surface area contributed by atoms with Gasteiger partial charge in [0.25, 0.3) is 5.91 Å². The zero-order chi connectivity index (χ0) is 19.5. The van der Waals surface area contributed by atoms with E-state index in [1.54, 1.807) is 11.1 Å². The van der Waals surface area contributed by atoms with Gasteiger partial charge in [0.1, 0.15) is 5.82 Å². The Labute approximate surface area is 167 Å². The lowest BCUT2D eigenvalue weighted by Gasteiger charge is -2.36. The van der Waals surface area contributed by atoms with E-state index in [1.165, 1.54) is 18.2 Å². The van der Waals surface area contributed by atoms with E-state index in [4.69, 9.17) is 16.3 Å². The van der Waals surface area contributed by atoms with Crippen LogP contribution in [0.25, 0.3) is 0 Å². The Balaban J connectivity index is 1.40. The summed E-state index contributed by atoms with van der Waals surface area (Å²) in [6, 6.07) is 5.90. The van der Waals surface area contributed by atoms with Crippen LogP contribution in [0.2, 0.25) is 5.02 Å². The van der Waals surface area contributed by atoms with Gasteiger partial charge in [-0.25, -0.2) is 4.39 Å². The van der Waals surface area contributed by atoms with Gasteiger partial charge in [-0.05, 0) is 18.2 Å². The number of rotatable bonds is 3. The summed E-state index contributed by atoms with van der Waals surface area (Å²) in [5.74, 6) is 0.219. The molecule has 28 heavy (non-hydrogen) atoms. The maximum atomic E-state index is 13.2. The number of carbonyl (C=O) groups excluding carboxylic acids is 1. The highest BCUT2D eigenvalue weighted by atomic mass is 35.5. The van der Waals surface area contributed by atoms with E-state index < -0.39 is 5.82 Å². The maximum Gasteiger partial charge on any atom is 0.255 e. The minimum Gasteiger partial charge on any atom is -0.378 e. The average Bonchev–Trinajstić information content (AvgIpc) is 2.74. The highest BCUT2D eigenvalue weighted by Crippen LogP contribution is 2.23. The number of hydrogen-bond acceptors (Lipinski definition) is 6. The summed E-state index contributed by atoms with van der Waals surface area (Å²) in [4.78, 5) is 18.8. The smallest absolute Gasteiger partial charge is 0.255 e. The number of amides is 1. The molecule has 2 aliphatic heterocycles. The highest BCUT2D eigenvalue weighted by molar-refractivity contribution is 6.33. The third kappa shape index (κ3) is 4.02. The van der Waals surface area contributed by atoms with Gasteiger partial charge < -0.3 is 19.4 Å². The summed E-state index contributed by atoms with van der Waals surface area (Å²) >= 11 is 6.03. The number of halogens is 2. The lowest BCUT2D eigenvalue weighted by atomic mass is 10.1. The first-order valence-corrected chi connectivity index (χ1v) is 9.64.